The second kappa shape index (κ2) is 11.2. The molecule has 2 fully saturated rings. The lowest BCUT2D eigenvalue weighted by Gasteiger charge is -2.40. The van der Waals surface area contributed by atoms with Gasteiger partial charge in [-0.25, -0.2) is 13.9 Å². The van der Waals surface area contributed by atoms with Gasteiger partial charge in [-0.1, -0.05) is 0 Å². The Bertz CT molecular complexity index is 1130. The predicted octanol–water partition coefficient (Wildman–Crippen LogP) is -3.46. The molecule has 0 radical (unpaired) electrons. The molecule has 0 amide bonds. The van der Waals surface area contributed by atoms with Crippen molar-refractivity contribution < 1.29 is 67.3 Å². The minimum atomic E-state index is -5.57. The van der Waals surface area contributed by atoms with Crippen LogP contribution in [0.1, 0.15) is 18.2 Å². The molecule has 2 unspecified atom stereocenters. The predicted molar refractivity (Wildman–Crippen MR) is 112 cm³/mol. The third kappa shape index (κ3) is 6.75. The molecule has 0 aliphatic carbocycles. The fourth-order valence-corrected chi connectivity index (χ4v) is 5.69. The molecular formula is C16H26N2O16P2. The summed E-state index contributed by atoms with van der Waals surface area (Å²) in [6, 6.07) is 0. The number of nitrogens with zero attached hydrogens (tertiary/aromatic N) is 1. The van der Waals surface area contributed by atoms with Crippen LogP contribution in [0.5, 0.6) is 0 Å². The smallest absolute Gasteiger partial charge is 0.394 e. The van der Waals surface area contributed by atoms with Crippen LogP contribution in [0.25, 0.3) is 0 Å². The van der Waals surface area contributed by atoms with Crippen LogP contribution in [0, 0.1) is 6.92 Å². The van der Waals surface area contributed by atoms with E-state index in [0.717, 1.165) is 4.57 Å². The number of phosphoric ester groups is 1. The molecule has 2 aliphatic heterocycles. The van der Waals surface area contributed by atoms with Gasteiger partial charge in [0.2, 0.25) is 0 Å². The lowest BCUT2D eigenvalue weighted by molar-refractivity contribution is -0.281. The monoisotopic (exact) mass is 564 g/mol. The van der Waals surface area contributed by atoms with Crippen LogP contribution < -0.4 is 11.2 Å². The molecule has 0 bridgehead atoms. The average molecular weight is 564 g/mol. The summed E-state index contributed by atoms with van der Waals surface area (Å²) >= 11 is 0. The molecule has 3 rings (SSSR count). The number of hydrogen-bond acceptors (Lipinski definition) is 14. The van der Waals surface area contributed by atoms with Gasteiger partial charge >= 0.3 is 21.3 Å². The van der Waals surface area contributed by atoms with E-state index in [4.69, 9.17) is 28.3 Å². The molecule has 3 heterocycles. The van der Waals surface area contributed by atoms with Crippen molar-refractivity contribution in [3.8, 4) is 0 Å². The Morgan fingerprint density at radius 3 is 2.36 bits per heavy atom. The number of ether oxygens (including phenoxy) is 2. The molecule has 8 N–H and O–H groups in total. The number of aliphatic hydroxyl groups excluding tert-OH is 5. The van der Waals surface area contributed by atoms with Crippen LogP contribution in [-0.2, 0) is 32.0 Å². The van der Waals surface area contributed by atoms with Crippen molar-refractivity contribution in [2.45, 2.75) is 62.5 Å². The van der Waals surface area contributed by atoms with E-state index in [1.54, 1.807) is 0 Å². The van der Waals surface area contributed by atoms with Crippen molar-refractivity contribution >= 4 is 15.6 Å². The van der Waals surface area contributed by atoms with Gasteiger partial charge in [0.15, 0.2) is 6.29 Å². The normalized spacial score (nSPS) is 35.0. The lowest BCUT2D eigenvalue weighted by atomic mass is 10.00. The molecular weight excluding hydrogens is 538 g/mol. The Morgan fingerprint density at radius 1 is 1.08 bits per heavy atom. The second-order valence-electron chi connectivity index (χ2n) is 8.03. The van der Waals surface area contributed by atoms with E-state index in [2.05, 4.69) is 9.29 Å². The molecule has 0 saturated carbocycles. The number of aromatic nitrogens is 2. The molecule has 1 aromatic heterocycles. The van der Waals surface area contributed by atoms with Crippen molar-refractivity contribution in [3.05, 3.63) is 32.6 Å². The van der Waals surface area contributed by atoms with Gasteiger partial charge in [-0.3, -0.25) is 23.4 Å². The van der Waals surface area contributed by atoms with Crippen molar-refractivity contribution in [2.75, 3.05) is 13.2 Å². The van der Waals surface area contributed by atoms with Gasteiger partial charge in [0.05, 0.1) is 19.3 Å². The molecule has 2 saturated heterocycles. The van der Waals surface area contributed by atoms with Crippen LogP contribution in [0.3, 0.4) is 0 Å². The van der Waals surface area contributed by atoms with Gasteiger partial charge in [0.25, 0.3) is 5.56 Å². The molecule has 18 nitrogen and oxygen atoms in total. The van der Waals surface area contributed by atoms with Crippen LogP contribution in [0.15, 0.2) is 15.8 Å². The molecule has 9 atom stereocenters. The number of hydrogen-bond donors (Lipinski definition) is 8. The van der Waals surface area contributed by atoms with Gasteiger partial charge < -0.3 is 44.8 Å². The van der Waals surface area contributed by atoms with E-state index in [9.17, 15) is 44.3 Å². The lowest BCUT2D eigenvalue weighted by Crippen LogP contribution is -2.59. The molecule has 206 valence electrons. The first-order valence-electron chi connectivity index (χ1n) is 10.3. The highest BCUT2D eigenvalue weighted by Gasteiger charge is 2.49. The van der Waals surface area contributed by atoms with Gasteiger partial charge in [-0.15, -0.1) is 0 Å². The van der Waals surface area contributed by atoms with E-state index >= 15 is 0 Å². The van der Waals surface area contributed by atoms with E-state index in [0.29, 0.717) is 0 Å². The Balaban J connectivity index is 1.75. The van der Waals surface area contributed by atoms with E-state index in [1.165, 1.54) is 13.1 Å². The highest BCUT2D eigenvalue weighted by Crippen LogP contribution is 2.62. The maximum absolute atomic E-state index is 13.0. The SMILES string of the molecule is Cc1cn([C@H]2CC(O)[C@@H](COP(=O)(O[C@@H]3O[C@H](CO)[C@@H](O)[C@@H](O)[C@H]3O)OP(=O)(O)O)O2)c(=O)[nH]c1=O. The summed E-state index contributed by atoms with van der Waals surface area (Å²) in [5.74, 6) is 0. The quantitative estimate of drug-likeness (QED) is 0.135. The van der Waals surface area contributed by atoms with Gasteiger partial charge in [0, 0.05) is 18.2 Å². The first-order valence-corrected chi connectivity index (χ1v) is 13.3. The van der Waals surface area contributed by atoms with Crippen molar-refractivity contribution in [2.24, 2.45) is 0 Å². The zero-order valence-corrected chi connectivity index (χ0v) is 20.3. The minimum absolute atomic E-state index is 0.167. The maximum Gasteiger partial charge on any atom is 0.486 e. The van der Waals surface area contributed by atoms with Gasteiger partial charge in [-0.05, 0) is 6.92 Å². The number of nitrogens with one attached hydrogen (secondary N) is 1. The van der Waals surface area contributed by atoms with Crippen molar-refractivity contribution in [1.29, 1.82) is 0 Å². The number of phosphoric acid groups is 2. The third-order valence-corrected chi connectivity index (χ3v) is 7.93. The molecule has 36 heavy (non-hydrogen) atoms. The van der Waals surface area contributed by atoms with Crippen LogP contribution >= 0.6 is 15.6 Å². The number of aryl methyl sites for hydroxylation is 1. The highest BCUT2D eigenvalue weighted by molar-refractivity contribution is 7.61. The number of aliphatic hydroxyl groups is 5. The van der Waals surface area contributed by atoms with Crippen LogP contribution in [-0.4, -0.2) is 101 Å². The summed E-state index contributed by atoms with van der Waals surface area (Å²) in [5.41, 5.74) is -1.30. The first kappa shape index (κ1) is 29.2. The van der Waals surface area contributed by atoms with E-state index in [1.807, 2.05) is 0 Å². The van der Waals surface area contributed by atoms with Gasteiger partial charge in [-0.2, -0.15) is 4.31 Å². The Kier molecular flexibility index (Phi) is 9.08. The highest BCUT2D eigenvalue weighted by atomic mass is 31.3. The maximum atomic E-state index is 13.0. The van der Waals surface area contributed by atoms with E-state index < -0.39 is 89.2 Å². The summed E-state index contributed by atoms with van der Waals surface area (Å²) in [6.45, 7) is -0.349. The minimum Gasteiger partial charge on any atom is -0.394 e. The van der Waals surface area contributed by atoms with Crippen molar-refractivity contribution in [3.63, 3.8) is 0 Å². The summed E-state index contributed by atoms with van der Waals surface area (Å²) in [5, 5.41) is 49.2. The fraction of sp³-hybridized carbons (Fsp3) is 0.750. The van der Waals surface area contributed by atoms with Crippen LogP contribution in [0.4, 0.5) is 0 Å². The standard InChI is InChI=1S/C16H26N2O16P2/c1-6-3-18(16(25)17-14(6)24)10-2-7(20)9(31-10)5-30-36(29,34-35(26,27)28)33-15-13(23)12(22)11(21)8(4-19)32-15/h3,7-13,15,19-23H,2,4-5H2,1H3,(H,17,24,25)(H2,26,27,28)/t7?,8-,9-,10-,11-,12-,13-,15+,36?/m1/s1. The zero-order valence-electron chi connectivity index (χ0n) is 18.5. The Morgan fingerprint density at radius 2 is 1.75 bits per heavy atom. The Hall–Kier alpha value is -1.34. The second-order valence-corrected chi connectivity index (χ2v) is 11.0. The molecule has 2 aliphatic rings. The molecule has 1 aromatic rings. The third-order valence-electron chi connectivity index (χ3n) is 5.35. The fourth-order valence-electron chi connectivity index (χ4n) is 3.49. The zero-order chi connectivity index (χ0) is 27.0. The average Bonchev–Trinajstić information content (AvgIpc) is 3.14. The molecule has 0 aromatic carbocycles. The van der Waals surface area contributed by atoms with Gasteiger partial charge in [0.1, 0.15) is 36.7 Å². The summed E-state index contributed by atoms with van der Waals surface area (Å²) in [4.78, 5) is 43.9. The molecule has 20 heteroatoms. The number of H-pyrrole nitrogens is 1. The summed E-state index contributed by atoms with van der Waals surface area (Å²) < 4.78 is 49.6. The topological polar surface area (TPSA) is 277 Å². The number of rotatable bonds is 9. The largest absolute Gasteiger partial charge is 0.486 e. The van der Waals surface area contributed by atoms with Crippen molar-refractivity contribution in [1.82, 2.24) is 9.55 Å². The Labute approximate surface area is 201 Å². The number of aromatic amines is 1. The van der Waals surface area contributed by atoms with E-state index in [-0.39, 0.29) is 12.0 Å². The summed E-state index contributed by atoms with van der Waals surface area (Å²) in [7, 11) is -10.9. The van der Waals surface area contributed by atoms with Crippen LogP contribution in [0.2, 0.25) is 0 Å². The molecule has 0 spiro atoms. The first-order chi connectivity index (χ1) is 16.6. The summed E-state index contributed by atoms with van der Waals surface area (Å²) in [6.07, 6.45) is -12.4.